The van der Waals surface area contributed by atoms with Crippen LogP contribution in [0.2, 0.25) is 0 Å². The predicted octanol–water partition coefficient (Wildman–Crippen LogP) is 0.452. The minimum atomic E-state index is 0.485. The summed E-state index contributed by atoms with van der Waals surface area (Å²) in [4.78, 5) is 4.29. The molecule has 0 aliphatic heterocycles. The maximum atomic E-state index is 5.97. The van der Waals surface area contributed by atoms with Crippen LogP contribution in [0.5, 0.6) is 0 Å². The van der Waals surface area contributed by atoms with Gasteiger partial charge in [-0.2, -0.15) is 5.10 Å². The van der Waals surface area contributed by atoms with E-state index in [9.17, 15) is 0 Å². The molecule has 2 rings (SSSR count). The quantitative estimate of drug-likeness (QED) is 0.461. The first-order valence-electron chi connectivity index (χ1n) is 5.65. The summed E-state index contributed by atoms with van der Waals surface area (Å²) in [5, 5.41) is 12.6. The average molecular weight is 247 g/mol. The predicted molar refractivity (Wildman–Crippen MR) is 72.2 cm³/mol. The van der Waals surface area contributed by atoms with Gasteiger partial charge in [0.25, 0.3) is 0 Å². The van der Waals surface area contributed by atoms with Crippen molar-refractivity contribution in [3.05, 3.63) is 24.2 Å². The van der Waals surface area contributed by atoms with Crippen LogP contribution in [0.4, 0.5) is 5.82 Å². The zero-order valence-corrected chi connectivity index (χ0v) is 10.4. The highest BCUT2D eigenvalue weighted by Crippen LogP contribution is 2.25. The molecule has 0 unspecified atom stereocenters. The van der Waals surface area contributed by atoms with Gasteiger partial charge in [0.15, 0.2) is 0 Å². The minimum Gasteiger partial charge on any atom is -0.396 e. The zero-order valence-electron chi connectivity index (χ0n) is 10.4. The number of nitrogens with one attached hydrogen (secondary N) is 2. The van der Waals surface area contributed by atoms with Crippen molar-refractivity contribution in [2.45, 2.75) is 6.92 Å². The van der Waals surface area contributed by atoms with E-state index in [1.54, 1.807) is 19.4 Å². The van der Waals surface area contributed by atoms with Gasteiger partial charge in [0.2, 0.25) is 0 Å². The van der Waals surface area contributed by atoms with Crippen molar-refractivity contribution in [3.63, 3.8) is 0 Å². The molecule has 18 heavy (non-hydrogen) atoms. The molecule has 0 radical (unpaired) electrons. The molecule has 0 aliphatic rings. The van der Waals surface area contributed by atoms with Gasteiger partial charge in [-0.3, -0.25) is 5.10 Å². The molecule has 2 aromatic rings. The minimum absolute atomic E-state index is 0.485. The average Bonchev–Trinajstić information content (AvgIpc) is 2.73. The van der Waals surface area contributed by atoms with E-state index < -0.39 is 0 Å². The maximum Gasteiger partial charge on any atom is 0.137 e. The lowest BCUT2D eigenvalue weighted by molar-refractivity contribution is 0.486. The van der Waals surface area contributed by atoms with Crippen molar-refractivity contribution >= 4 is 22.4 Å². The van der Waals surface area contributed by atoms with E-state index in [-0.39, 0.29) is 0 Å². The number of pyridine rings is 1. The van der Waals surface area contributed by atoms with Crippen molar-refractivity contribution in [1.29, 1.82) is 0 Å². The third-order valence-corrected chi connectivity index (χ3v) is 2.44. The molecule has 6 N–H and O–H groups in total. The number of aromatic amines is 1. The highest BCUT2D eigenvalue weighted by atomic mass is 15.4. The molecule has 0 amide bonds. The van der Waals surface area contributed by atoms with Gasteiger partial charge in [0, 0.05) is 26.0 Å². The van der Waals surface area contributed by atoms with Crippen LogP contribution in [-0.2, 0) is 0 Å². The monoisotopic (exact) mass is 247 g/mol. The second-order valence-electron chi connectivity index (χ2n) is 3.93. The number of hydrogen-bond acceptors (Lipinski definition) is 6. The molecule has 2 aromatic heterocycles. The van der Waals surface area contributed by atoms with Crippen molar-refractivity contribution < 1.29 is 0 Å². The van der Waals surface area contributed by atoms with E-state index in [2.05, 4.69) is 20.5 Å². The van der Waals surface area contributed by atoms with E-state index >= 15 is 0 Å². The van der Waals surface area contributed by atoms with Crippen LogP contribution in [0.15, 0.2) is 18.5 Å². The second-order valence-corrected chi connectivity index (χ2v) is 3.93. The lowest BCUT2D eigenvalue weighted by Gasteiger charge is -2.08. The Hall–Kier alpha value is -2.28. The van der Waals surface area contributed by atoms with Gasteiger partial charge in [-0.1, -0.05) is 0 Å². The molecule has 0 atom stereocenters. The van der Waals surface area contributed by atoms with Crippen molar-refractivity contribution in [2.24, 2.45) is 11.6 Å². The first-order valence-corrected chi connectivity index (χ1v) is 5.65. The van der Waals surface area contributed by atoms with Crippen LogP contribution in [0.3, 0.4) is 0 Å². The van der Waals surface area contributed by atoms with Crippen LogP contribution in [0, 0.1) is 0 Å². The van der Waals surface area contributed by atoms with E-state index in [0.29, 0.717) is 11.4 Å². The number of anilines is 1. The zero-order chi connectivity index (χ0) is 13.1. The number of aromatic nitrogens is 3. The van der Waals surface area contributed by atoms with Gasteiger partial charge in [0.1, 0.15) is 11.5 Å². The van der Waals surface area contributed by atoms with Crippen molar-refractivity contribution in [2.75, 3.05) is 18.9 Å². The van der Waals surface area contributed by atoms with E-state index in [4.69, 9.17) is 11.6 Å². The van der Waals surface area contributed by atoms with Crippen LogP contribution in [0.25, 0.3) is 16.6 Å². The van der Waals surface area contributed by atoms with Gasteiger partial charge >= 0.3 is 0 Å². The van der Waals surface area contributed by atoms with Gasteiger partial charge in [-0.05, 0) is 13.0 Å². The number of fused-ring (bicyclic) bond motifs is 1. The van der Waals surface area contributed by atoms with Gasteiger partial charge < -0.3 is 16.1 Å². The van der Waals surface area contributed by atoms with E-state index in [0.717, 1.165) is 23.3 Å². The van der Waals surface area contributed by atoms with E-state index in [1.807, 2.05) is 13.0 Å². The molecule has 0 saturated carbocycles. The molecular formula is C11H17N7. The molecular weight excluding hydrogens is 230 g/mol. The third kappa shape index (κ3) is 2.21. The largest absolute Gasteiger partial charge is 0.396 e. The Balaban J connectivity index is 2.58. The number of nitrogens with zero attached hydrogens (tertiary/aromatic N) is 3. The third-order valence-electron chi connectivity index (χ3n) is 2.44. The van der Waals surface area contributed by atoms with Crippen LogP contribution in [-0.4, -0.2) is 33.8 Å². The summed E-state index contributed by atoms with van der Waals surface area (Å²) in [6, 6.07) is 1.85. The highest BCUT2D eigenvalue weighted by molar-refractivity contribution is 5.97. The molecule has 0 saturated heterocycles. The van der Waals surface area contributed by atoms with Crippen LogP contribution < -0.4 is 16.9 Å². The van der Waals surface area contributed by atoms with Crippen LogP contribution >= 0.6 is 0 Å². The Kier molecular flexibility index (Phi) is 3.33. The molecule has 2 heterocycles. The second kappa shape index (κ2) is 4.92. The SMILES string of the molecule is CCNc1nccc2[nH]nc(/C(N)=C/N(C)N)c12. The molecule has 96 valence electrons. The van der Waals surface area contributed by atoms with Gasteiger partial charge in [-0.25, -0.2) is 10.8 Å². The molecule has 0 fully saturated rings. The maximum absolute atomic E-state index is 5.97. The topological polar surface area (TPSA) is 109 Å². The molecule has 0 aliphatic carbocycles. The Bertz CT molecular complexity index is 570. The fourth-order valence-electron chi connectivity index (χ4n) is 1.76. The normalized spacial score (nSPS) is 11.8. The summed E-state index contributed by atoms with van der Waals surface area (Å²) >= 11 is 0. The summed E-state index contributed by atoms with van der Waals surface area (Å²) < 4.78 is 0. The number of nitrogens with two attached hydrogens (primary N) is 2. The summed E-state index contributed by atoms with van der Waals surface area (Å²) in [6.45, 7) is 2.78. The summed E-state index contributed by atoms with van der Waals surface area (Å²) in [6.07, 6.45) is 3.33. The fourth-order valence-corrected chi connectivity index (χ4v) is 1.76. The first-order chi connectivity index (χ1) is 8.63. The fraction of sp³-hybridized carbons (Fsp3) is 0.273. The molecule has 7 heteroatoms. The lowest BCUT2D eigenvalue weighted by atomic mass is 10.2. The van der Waals surface area contributed by atoms with Gasteiger partial charge in [0.05, 0.1) is 16.6 Å². The number of rotatable bonds is 4. The first kappa shape index (κ1) is 12.2. The Morgan fingerprint density at radius 2 is 2.39 bits per heavy atom. The number of hydrazine groups is 1. The smallest absolute Gasteiger partial charge is 0.137 e. The van der Waals surface area contributed by atoms with E-state index in [1.165, 1.54) is 5.01 Å². The van der Waals surface area contributed by atoms with Crippen molar-refractivity contribution in [3.8, 4) is 0 Å². The molecule has 0 spiro atoms. The Morgan fingerprint density at radius 1 is 1.61 bits per heavy atom. The Labute approximate surface area is 105 Å². The van der Waals surface area contributed by atoms with Crippen LogP contribution in [0.1, 0.15) is 12.6 Å². The Morgan fingerprint density at radius 3 is 3.06 bits per heavy atom. The summed E-state index contributed by atoms with van der Waals surface area (Å²) in [5.41, 5.74) is 7.98. The number of hydrogen-bond donors (Lipinski definition) is 4. The molecule has 7 nitrogen and oxygen atoms in total. The van der Waals surface area contributed by atoms with Gasteiger partial charge in [-0.15, -0.1) is 0 Å². The standard InChI is InChI=1S/C11H17N7/c1-3-14-11-9-8(4-5-15-11)16-17-10(9)7(12)6-18(2)13/h4-6H,3,12-13H2,1-2H3,(H,14,15)(H,16,17)/b7-6-. The van der Waals surface area contributed by atoms with Crippen molar-refractivity contribution in [1.82, 2.24) is 20.2 Å². The molecule has 0 bridgehead atoms. The highest BCUT2D eigenvalue weighted by Gasteiger charge is 2.13. The number of H-pyrrole nitrogens is 1. The lowest BCUT2D eigenvalue weighted by Crippen LogP contribution is -2.20. The summed E-state index contributed by atoms with van der Waals surface area (Å²) in [5.74, 6) is 6.31. The molecule has 0 aromatic carbocycles. The summed E-state index contributed by atoms with van der Waals surface area (Å²) in [7, 11) is 1.70.